The van der Waals surface area contributed by atoms with Crippen LogP contribution in [0.3, 0.4) is 0 Å². The summed E-state index contributed by atoms with van der Waals surface area (Å²) in [5, 5.41) is 0. The van der Waals surface area contributed by atoms with Crippen LogP contribution < -0.4 is 41.0 Å². The molecule has 0 aromatic heterocycles. The maximum Gasteiger partial charge on any atom is 1.00 e. The summed E-state index contributed by atoms with van der Waals surface area (Å²) in [6.45, 7) is 1.25. The summed E-state index contributed by atoms with van der Waals surface area (Å²) in [7, 11) is -4.42. The van der Waals surface area contributed by atoms with Gasteiger partial charge in [0.05, 0.1) is 0 Å². The van der Waals surface area contributed by atoms with Crippen LogP contribution in [0.4, 0.5) is 0 Å². The van der Waals surface area contributed by atoms with Gasteiger partial charge >= 0.3 is 29.6 Å². The predicted octanol–water partition coefficient (Wildman–Crippen LogP) is -4.44. The largest absolute Gasteiger partial charge is 1.00 e. The molecule has 7 heteroatoms. The van der Waals surface area contributed by atoms with Gasteiger partial charge in [-0.2, -0.15) is 0 Å². The molecule has 62 valence electrons. The first-order valence-corrected chi connectivity index (χ1v) is 4.16. The van der Waals surface area contributed by atoms with Crippen molar-refractivity contribution in [2.45, 2.75) is 18.2 Å². The number of hydrogen-bond acceptors (Lipinski definition) is 5. The Bertz CT molecular complexity index is 201. The van der Waals surface area contributed by atoms with Crippen LogP contribution in [0.15, 0.2) is 0 Å². The molecule has 5 nitrogen and oxygen atoms in total. The Balaban J connectivity index is 0. The van der Waals surface area contributed by atoms with Gasteiger partial charge < -0.3 is 16.0 Å². The van der Waals surface area contributed by atoms with E-state index in [1.807, 2.05) is 0 Å². The van der Waals surface area contributed by atoms with Gasteiger partial charge in [0.25, 0.3) is 0 Å². The monoisotopic (exact) mass is 190 g/mol. The van der Waals surface area contributed by atoms with E-state index >= 15 is 0 Å². The van der Waals surface area contributed by atoms with Crippen LogP contribution in [0, 0.1) is 0 Å². The van der Waals surface area contributed by atoms with Crippen LogP contribution in [0.25, 0.3) is 0 Å². The van der Waals surface area contributed by atoms with Crippen molar-refractivity contribution in [2.24, 2.45) is 11.5 Å². The third-order valence-corrected chi connectivity index (χ3v) is 2.56. The van der Waals surface area contributed by atoms with Crippen molar-refractivity contribution in [2.75, 3.05) is 6.54 Å². The molecule has 0 radical (unpaired) electrons. The third-order valence-electron chi connectivity index (χ3n) is 1.21. The first kappa shape index (κ1) is 14.4. The summed E-state index contributed by atoms with van der Waals surface area (Å²) >= 11 is 0. The quantitative estimate of drug-likeness (QED) is 0.344. The van der Waals surface area contributed by atoms with Crippen molar-refractivity contribution in [3.8, 4) is 0 Å². The topological polar surface area (TPSA) is 109 Å². The molecule has 0 saturated carbocycles. The molecular formula is C4H11N2NaO3S. The molecule has 11 heavy (non-hydrogen) atoms. The van der Waals surface area contributed by atoms with E-state index in [2.05, 4.69) is 0 Å². The van der Waals surface area contributed by atoms with Crippen LogP contribution in [-0.2, 0) is 10.1 Å². The standard InChI is InChI=1S/C4H12N2O3S.Na/c1-4(6,2-3-5)10(7,8)9;/h2-3,5-6H2,1H3,(H,7,8,9);/q;+1/p-1. The Morgan fingerprint density at radius 3 is 2.00 bits per heavy atom. The van der Waals surface area contributed by atoms with Gasteiger partial charge in [0, 0.05) is 0 Å². The maximum atomic E-state index is 10.3. The van der Waals surface area contributed by atoms with E-state index in [4.69, 9.17) is 11.5 Å². The van der Waals surface area contributed by atoms with Gasteiger partial charge in [-0.15, -0.1) is 0 Å². The molecule has 0 bridgehead atoms. The molecule has 0 saturated heterocycles. The van der Waals surface area contributed by atoms with E-state index in [1.165, 1.54) is 0 Å². The van der Waals surface area contributed by atoms with Gasteiger partial charge in [-0.1, -0.05) is 0 Å². The van der Waals surface area contributed by atoms with Crippen molar-refractivity contribution >= 4 is 10.1 Å². The first-order chi connectivity index (χ1) is 4.31. The summed E-state index contributed by atoms with van der Waals surface area (Å²) in [5.74, 6) is 0. The van der Waals surface area contributed by atoms with E-state index in [0.717, 1.165) is 6.92 Å². The minimum atomic E-state index is -4.42. The zero-order chi connectivity index (χ0) is 8.41. The Kier molecular flexibility index (Phi) is 6.21. The number of nitrogens with two attached hydrogens (primary N) is 2. The second-order valence-electron chi connectivity index (χ2n) is 2.31. The van der Waals surface area contributed by atoms with Crippen LogP contribution in [0.5, 0.6) is 0 Å². The number of rotatable bonds is 3. The van der Waals surface area contributed by atoms with Crippen molar-refractivity contribution in [3.63, 3.8) is 0 Å². The van der Waals surface area contributed by atoms with Gasteiger partial charge in [-0.05, 0) is 19.9 Å². The van der Waals surface area contributed by atoms with Crippen LogP contribution in [0.1, 0.15) is 13.3 Å². The predicted molar refractivity (Wildman–Crippen MR) is 36.0 cm³/mol. The van der Waals surface area contributed by atoms with Crippen LogP contribution >= 0.6 is 0 Å². The Morgan fingerprint density at radius 2 is 1.91 bits per heavy atom. The Hall–Kier alpha value is 0.830. The molecule has 0 aromatic carbocycles. The van der Waals surface area contributed by atoms with E-state index in [1.54, 1.807) is 0 Å². The summed E-state index contributed by atoms with van der Waals surface area (Å²) in [5.41, 5.74) is 10.2. The average Bonchev–Trinajstić information content (AvgIpc) is 1.61. The molecule has 0 fully saturated rings. The molecule has 0 heterocycles. The first-order valence-electron chi connectivity index (χ1n) is 2.75. The summed E-state index contributed by atoms with van der Waals surface area (Å²) in [6.07, 6.45) is -0.0150. The molecule has 4 N–H and O–H groups in total. The second kappa shape index (κ2) is 4.76. The molecule has 0 spiro atoms. The van der Waals surface area contributed by atoms with Crippen LogP contribution in [-0.4, -0.2) is 24.4 Å². The number of hydrogen-bond donors (Lipinski definition) is 2. The zero-order valence-electron chi connectivity index (χ0n) is 6.70. The third kappa shape index (κ3) is 4.41. The Morgan fingerprint density at radius 1 is 1.55 bits per heavy atom. The van der Waals surface area contributed by atoms with Gasteiger partial charge in [0.1, 0.15) is 15.0 Å². The molecule has 0 aliphatic carbocycles. The molecule has 0 amide bonds. The molecule has 1 atom stereocenters. The summed E-state index contributed by atoms with van der Waals surface area (Å²) in [6, 6.07) is 0. The summed E-state index contributed by atoms with van der Waals surface area (Å²) < 4.78 is 30.9. The molecule has 0 aliphatic heterocycles. The molecular weight excluding hydrogens is 179 g/mol. The van der Waals surface area contributed by atoms with Crippen LogP contribution in [0.2, 0.25) is 0 Å². The minimum Gasteiger partial charge on any atom is -0.747 e. The van der Waals surface area contributed by atoms with Gasteiger partial charge in [0.2, 0.25) is 0 Å². The average molecular weight is 190 g/mol. The molecule has 0 aliphatic rings. The van der Waals surface area contributed by atoms with Gasteiger partial charge in [-0.25, -0.2) is 8.42 Å². The van der Waals surface area contributed by atoms with E-state index in [-0.39, 0.29) is 42.5 Å². The fourth-order valence-corrected chi connectivity index (χ4v) is 0.779. The van der Waals surface area contributed by atoms with E-state index < -0.39 is 15.0 Å². The van der Waals surface area contributed by atoms with E-state index in [0.29, 0.717) is 0 Å². The molecule has 1 unspecified atom stereocenters. The van der Waals surface area contributed by atoms with E-state index in [9.17, 15) is 13.0 Å². The molecule has 0 rings (SSSR count). The van der Waals surface area contributed by atoms with Crippen molar-refractivity contribution in [1.82, 2.24) is 0 Å². The smallest absolute Gasteiger partial charge is 0.747 e. The zero-order valence-corrected chi connectivity index (χ0v) is 9.52. The fourth-order valence-electron chi connectivity index (χ4n) is 0.412. The Labute approximate surface area is 88.6 Å². The summed E-state index contributed by atoms with van der Waals surface area (Å²) in [4.78, 5) is -1.72. The van der Waals surface area contributed by atoms with Crippen molar-refractivity contribution in [3.05, 3.63) is 0 Å². The van der Waals surface area contributed by atoms with Gasteiger partial charge in [0.15, 0.2) is 0 Å². The normalized spacial score (nSPS) is 16.7. The van der Waals surface area contributed by atoms with Crippen molar-refractivity contribution < 1.29 is 42.5 Å². The fraction of sp³-hybridized carbons (Fsp3) is 1.00. The minimum absolute atomic E-state index is 0. The maximum absolute atomic E-state index is 10.3. The van der Waals surface area contributed by atoms with Gasteiger partial charge in [-0.3, -0.25) is 0 Å². The van der Waals surface area contributed by atoms with Crippen molar-refractivity contribution in [1.29, 1.82) is 0 Å². The molecule has 0 aromatic rings. The SMILES string of the molecule is CC(N)(CCN)S(=O)(=O)[O-].[Na+]. The second-order valence-corrected chi connectivity index (χ2v) is 4.15.